The molecular weight excluding hydrogens is 280 g/mol. The van der Waals surface area contributed by atoms with Gasteiger partial charge in [0, 0.05) is 6.54 Å². The van der Waals surface area contributed by atoms with Crippen molar-refractivity contribution < 1.29 is 39.5 Å². The van der Waals surface area contributed by atoms with Crippen LogP contribution in [0.2, 0.25) is 0 Å². The summed E-state index contributed by atoms with van der Waals surface area (Å²) in [7, 11) is -4.71. The minimum absolute atomic E-state index is 0.258. The second-order valence-electron chi connectivity index (χ2n) is 3.32. The summed E-state index contributed by atoms with van der Waals surface area (Å²) in [5.41, 5.74) is -4.78. The van der Waals surface area contributed by atoms with Crippen molar-refractivity contribution in [1.82, 2.24) is 4.31 Å². The Morgan fingerprint density at radius 1 is 1.12 bits per heavy atom. The minimum atomic E-state index is -5.91. The summed E-state index contributed by atoms with van der Waals surface area (Å²) in [4.78, 5) is 0. The molecule has 4 nitrogen and oxygen atoms in total. The highest BCUT2D eigenvalue weighted by molar-refractivity contribution is 7.88. The zero-order valence-corrected chi connectivity index (χ0v) is 9.08. The number of alkyl halides is 6. The van der Waals surface area contributed by atoms with E-state index in [1.165, 1.54) is 0 Å². The van der Waals surface area contributed by atoms with Crippen LogP contribution >= 0.6 is 0 Å². The van der Waals surface area contributed by atoms with Crippen LogP contribution in [0.5, 0.6) is 0 Å². The quantitative estimate of drug-likeness (QED) is 0.678. The molecule has 0 aromatic heterocycles. The lowest BCUT2D eigenvalue weighted by Gasteiger charge is -2.37. The number of ether oxygens (including phenoxy) is 1. The van der Waals surface area contributed by atoms with Gasteiger partial charge in [-0.25, -0.2) is 8.42 Å². The number of rotatable bonds is 1. The van der Waals surface area contributed by atoms with Gasteiger partial charge in [0.15, 0.2) is 0 Å². The first-order chi connectivity index (χ1) is 7.34. The van der Waals surface area contributed by atoms with Crippen molar-refractivity contribution in [1.29, 1.82) is 0 Å². The topological polar surface area (TPSA) is 46.6 Å². The maximum Gasteiger partial charge on any atom is 0.441 e. The molecule has 0 spiro atoms. The molecular formula is C6H7F6NO3S. The van der Waals surface area contributed by atoms with Crippen LogP contribution in [0.4, 0.5) is 26.3 Å². The van der Waals surface area contributed by atoms with E-state index in [0.717, 1.165) is 0 Å². The molecule has 0 N–H and O–H groups in total. The molecule has 1 heterocycles. The molecule has 0 atom stereocenters. The number of hydrogen-bond acceptors (Lipinski definition) is 3. The van der Waals surface area contributed by atoms with Crippen LogP contribution in [0.15, 0.2) is 0 Å². The van der Waals surface area contributed by atoms with Crippen LogP contribution in [0.1, 0.15) is 0 Å². The van der Waals surface area contributed by atoms with Crippen LogP contribution in [-0.4, -0.2) is 50.2 Å². The molecule has 0 unspecified atom stereocenters. The van der Waals surface area contributed by atoms with Crippen molar-refractivity contribution in [2.45, 2.75) is 18.1 Å². The first-order valence-corrected chi connectivity index (χ1v) is 5.94. The molecule has 0 bridgehead atoms. The molecule has 0 radical (unpaired) electrons. The number of hydrogen-bond donors (Lipinski definition) is 0. The Bertz CT molecular complexity index is 385. The third-order valence-corrected chi connectivity index (χ3v) is 3.37. The first-order valence-electron chi connectivity index (χ1n) is 4.09. The van der Waals surface area contributed by atoms with Crippen molar-refractivity contribution in [2.24, 2.45) is 0 Å². The fourth-order valence-electron chi connectivity index (χ4n) is 1.51. The summed E-state index contributed by atoms with van der Waals surface area (Å²) in [6, 6.07) is 0. The second-order valence-corrected chi connectivity index (χ2v) is 5.23. The maximum absolute atomic E-state index is 12.5. The second kappa shape index (κ2) is 3.72. The number of halogens is 6. The van der Waals surface area contributed by atoms with E-state index in [-0.39, 0.29) is 6.26 Å². The Hall–Kier alpha value is -0.550. The van der Waals surface area contributed by atoms with E-state index in [1.807, 2.05) is 0 Å². The molecule has 0 aromatic rings. The van der Waals surface area contributed by atoms with Gasteiger partial charge in [-0.2, -0.15) is 30.6 Å². The molecule has 0 saturated carbocycles. The third kappa shape index (κ3) is 2.10. The Kier molecular flexibility index (Phi) is 3.17. The van der Waals surface area contributed by atoms with E-state index in [2.05, 4.69) is 4.74 Å². The highest BCUT2D eigenvalue weighted by Crippen LogP contribution is 2.50. The zero-order valence-electron chi connectivity index (χ0n) is 8.26. The highest BCUT2D eigenvalue weighted by atomic mass is 32.2. The van der Waals surface area contributed by atoms with Crippen LogP contribution < -0.4 is 0 Å². The summed E-state index contributed by atoms with van der Waals surface area (Å²) < 4.78 is 100. The van der Waals surface area contributed by atoms with Crippen LogP contribution in [-0.2, 0) is 14.8 Å². The van der Waals surface area contributed by atoms with Gasteiger partial charge in [0.2, 0.25) is 10.0 Å². The van der Waals surface area contributed by atoms with Crippen molar-refractivity contribution in [3.63, 3.8) is 0 Å². The fourth-order valence-corrected chi connectivity index (χ4v) is 2.65. The zero-order chi connectivity index (χ0) is 13.7. The Morgan fingerprint density at radius 2 is 1.53 bits per heavy atom. The fraction of sp³-hybridized carbons (Fsp3) is 1.00. The van der Waals surface area contributed by atoms with Gasteiger partial charge in [0.25, 0.3) is 0 Å². The Labute approximate surface area is 92.2 Å². The number of sulfonamides is 1. The summed E-state index contributed by atoms with van der Waals surface area (Å²) in [6.45, 7) is -1.98. The average Bonchev–Trinajstić information content (AvgIpc) is 2.42. The van der Waals surface area contributed by atoms with Gasteiger partial charge in [-0.15, -0.1) is 0 Å². The van der Waals surface area contributed by atoms with E-state index < -0.39 is 45.6 Å². The minimum Gasteiger partial charge on any atom is -0.343 e. The molecule has 1 aliphatic heterocycles. The van der Waals surface area contributed by atoms with Crippen molar-refractivity contribution in [3.05, 3.63) is 0 Å². The lowest BCUT2D eigenvalue weighted by atomic mass is 10.2. The van der Waals surface area contributed by atoms with Crippen molar-refractivity contribution in [3.8, 4) is 0 Å². The SMILES string of the molecule is CS(=O)(=O)N1CCOC1(C(F)(F)F)C(F)(F)F. The van der Waals surface area contributed by atoms with Gasteiger partial charge in [0.05, 0.1) is 12.9 Å². The molecule has 17 heavy (non-hydrogen) atoms. The molecule has 11 heteroatoms. The normalized spacial score (nSPS) is 23.0. The van der Waals surface area contributed by atoms with Gasteiger partial charge >= 0.3 is 18.1 Å². The monoisotopic (exact) mass is 287 g/mol. The maximum atomic E-state index is 12.5. The van der Waals surface area contributed by atoms with Crippen LogP contribution in [0.25, 0.3) is 0 Å². The number of nitrogens with zero attached hydrogens (tertiary/aromatic N) is 1. The summed E-state index contributed by atoms with van der Waals surface area (Å²) in [5.74, 6) is 0. The molecule has 1 fully saturated rings. The van der Waals surface area contributed by atoms with E-state index in [4.69, 9.17) is 0 Å². The predicted molar refractivity (Wildman–Crippen MR) is 42.3 cm³/mol. The summed E-state index contributed by atoms with van der Waals surface area (Å²) >= 11 is 0. The lowest BCUT2D eigenvalue weighted by Crippen LogP contribution is -2.66. The Balaban J connectivity index is 3.45. The van der Waals surface area contributed by atoms with E-state index in [0.29, 0.717) is 0 Å². The van der Waals surface area contributed by atoms with E-state index in [9.17, 15) is 34.8 Å². The summed E-state index contributed by atoms with van der Waals surface area (Å²) in [5, 5.41) is 0. The highest BCUT2D eigenvalue weighted by Gasteiger charge is 2.79. The van der Waals surface area contributed by atoms with E-state index >= 15 is 0 Å². The van der Waals surface area contributed by atoms with Gasteiger partial charge in [0.1, 0.15) is 0 Å². The van der Waals surface area contributed by atoms with Gasteiger partial charge < -0.3 is 4.74 Å². The molecule has 1 saturated heterocycles. The largest absolute Gasteiger partial charge is 0.441 e. The molecule has 0 amide bonds. The van der Waals surface area contributed by atoms with E-state index in [1.54, 1.807) is 0 Å². The Morgan fingerprint density at radius 3 is 1.76 bits per heavy atom. The first kappa shape index (κ1) is 14.5. The van der Waals surface area contributed by atoms with Crippen molar-refractivity contribution in [2.75, 3.05) is 19.4 Å². The lowest BCUT2D eigenvalue weighted by molar-refractivity contribution is -0.394. The molecule has 0 aromatic carbocycles. The van der Waals surface area contributed by atoms with Crippen LogP contribution in [0, 0.1) is 0 Å². The molecule has 1 rings (SSSR count). The smallest absolute Gasteiger partial charge is 0.343 e. The molecule has 1 aliphatic rings. The average molecular weight is 287 g/mol. The predicted octanol–water partition coefficient (Wildman–Crippen LogP) is 1.10. The summed E-state index contributed by atoms with van der Waals surface area (Å²) in [6.07, 6.45) is -11.6. The van der Waals surface area contributed by atoms with Gasteiger partial charge in [-0.3, -0.25) is 0 Å². The standard InChI is InChI=1S/C6H7F6NO3S/c1-17(14,15)13-2-3-16-4(13,5(7,8)9)6(10,11)12/h2-3H2,1H3. The van der Waals surface area contributed by atoms with Gasteiger partial charge in [-0.1, -0.05) is 0 Å². The van der Waals surface area contributed by atoms with Crippen LogP contribution in [0.3, 0.4) is 0 Å². The van der Waals surface area contributed by atoms with Gasteiger partial charge in [-0.05, 0) is 0 Å². The third-order valence-electron chi connectivity index (χ3n) is 2.13. The van der Waals surface area contributed by atoms with Crippen molar-refractivity contribution >= 4 is 10.0 Å². The molecule has 102 valence electrons. The molecule has 0 aliphatic carbocycles.